The standard InChI is InChI=1S/C52H96O6/c1-4-7-10-13-16-19-21-23-24-25-26-27-28-29-31-33-36-39-42-45-51(54)57-48-49(47-56-50(53)44-41-38-35-32-18-15-12-9-6-3)58-52(55)46-43-40-37-34-30-22-20-17-14-11-8-5-2/h16,19,23-24,49H,4-15,17-18,20-22,25-48H2,1-3H3/b19-16-,24-23-/t49-/m1/s1. The number of rotatable bonds is 46. The number of carbonyl (C=O) groups excluding carboxylic acids is 3. The van der Waals surface area contributed by atoms with Gasteiger partial charge in [0.15, 0.2) is 6.10 Å². The van der Waals surface area contributed by atoms with Gasteiger partial charge in [-0.2, -0.15) is 0 Å². The Morgan fingerprint density at radius 3 is 0.983 bits per heavy atom. The van der Waals surface area contributed by atoms with Gasteiger partial charge in [-0.25, -0.2) is 0 Å². The van der Waals surface area contributed by atoms with Gasteiger partial charge in [0, 0.05) is 19.3 Å². The summed E-state index contributed by atoms with van der Waals surface area (Å²) in [5.74, 6) is -0.864. The van der Waals surface area contributed by atoms with Crippen LogP contribution in [0.1, 0.15) is 271 Å². The highest BCUT2D eigenvalue weighted by Gasteiger charge is 2.19. The molecule has 340 valence electrons. The lowest BCUT2D eigenvalue weighted by atomic mass is 10.0. The van der Waals surface area contributed by atoms with E-state index in [1.54, 1.807) is 0 Å². The molecule has 0 amide bonds. The lowest BCUT2D eigenvalue weighted by molar-refractivity contribution is -0.167. The van der Waals surface area contributed by atoms with Gasteiger partial charge in [0.2, 0.25) is 0 Å². The molecule has 0 bridgehead atoms. The summed E-state index contributed by atoms with van der Waals surface area (Å²) in [5.41, 5.74) is 0. The zero-order valence-corrected chi connectivity index (χ0v) is 38.8. The van der Waals surface area contributed by atoms with E-state index in [1.807, 2.05) is 0 Å². The highest BCUT2D eigenvalue weighted by atomic mass is 16.6. The second kappa shape index (κ2) is 47.6. The number of ether oxygens (including phenoxy) is 3. The Kier molecular flexibility index (Phi) is 45.8. The summed E-state index contributed by atoms with van der Waals surface area (Å²) >= 11 is 0. The molecule has 0 aromatic carbocycles. The van der Waals surface area contributed by atoms with Gasteiger partial charge in [-0.3, -0.25) is 14.4 Å². The van der Waals surface area contributed by atoms with E-state index in [1.165, 1.54) is 167 Å². The van der Waals surface area contributed by atoms with E-state index in [0.717, 1.165) is 64.2 Å². The summed E-state index contributed by atoms with van der Waals surface area (Å²) in [6.07, 6.45) is 53.0. The van der Waals surface area contributed by atoms with Crippen molar-refractivity contribution in [3.05, 3.63) is 24.3 Å². The SMILES string of the molecule is CCCCC/C=C\C/C=C\CCCCCCCCCCCC(=O)OC[C@@H](COC(=O)CCCCCCCCCCC)OC(=O)CCCCCCCCCCCCCC. The Bertz CT molecular complexity index is 942. The lowest BCUT2D eigenvalue weighted by Crippen LogP contribution is -2.30. The third kappa shape index (κ3) is 45.0. The van der Waals surface area contributed by atoms with Crippen molar-refractivity contribution in [2.45, 2.75) is 277 Å². The van der Waals surface area contributed by atoms with Gasteiger partial charge in [-0.15, -0.1) is 0 Å². The van der Waals surface area contributed by atoms with Crippen LogP contribution in [-0.4, -0.2) is 37.2 Å². The Labute approximate surface area is 360 Å². The average Bonchev–Trinajstić information content (AvgIpc) is 3.22. The smallest absolute Gasteiger partial charge is 0.306 e. The highest BCUT2D eigenvalue weighted by molar-refractivity contribution is 5.71. The van der Waals surface area contributed by atoms with Crippen molar-refractivity contribution in [3.63, 3.8) is 0 Å². The molecular weight excluding hydrogens is 721 g/mol. The molecule has 0 aromatic rings. The molecule has 0 fully saturated rings. The molecule has 0 rings (SSSR count). The zero-order chi connectivity index (χ0) is 42.3. The molecular formula is C52H96O6. The molecule has 0 saturated heterocycles. The van der Waals surface area contributed by atoms with Crippen LogP contribution in [0, 0.1) is 0 Å². The van der Waals surface area contributed by atoms with Crippen LogP contribution in [0.4, 0.5) is 0 Å². The fraction of sp³-hybridized carbons (Fsp3) is 0.865. The molecule has 6 heteroatoms. The number of unbranched alkanes of at least 4 members (excludes halogenated alkanes) is 31. The van der Waals surface area contributed by atoms with Crippen molar-refractivity contribution in [1.82, 2.24) is 0 Å². The van der Waals surface area contributed by atoms with Gasteiger partial charge < -0.3 is 14.2 Å². The van der Waals surface area contributed by atoms with Gasteiger partial charge in [0.25, 0.3) is 0 Å². The van der Waals surface area contributed by atoms with E-state index in [4.69, 9.17) is 14.2 Å². The van der Waals surface area contributed by atoms with Crippen LogP contribution in [0.2, 0.25) is 0 Å². The van der Waals surface area contributed by atoms with Crippen molar-refractivity contribution in [3.8, 4) is 0 Å². The molecule has 1 atom stereocenters. The first kappa shape index (κ1) is 55.9. The minimum Gasteiger partial charge on any atom is -0.462 e. The van der Waals surface area contributed by atoms with E-state index < -0.39 is 6.10 Å². The summed E-state index contributed by atoms with van der Waals surface area (Å²) < 4.78 is 16.7. The maximum Gasteiger partial charge on any atom is 0.306 e. The van der Waals surface area contributed by atoms with Crippen LogP contribution in [0.15, 0.2) is 24.3 Å². The predicted octanol–water partition coefficient (Wildman–Crippen LogP) is 16.4. The number of carbonyl (C=O) groups is 3. The third-order valence-electron chi connectivity index (χ3n) is 11.2. The molecule has 6 nitrogen and oxygen atoms in total. The minimum absolute atomic E-state index is 0.0682. The summed E-state index contributed by atoms with van der Waals surface area (Å²) in [7, 11) is 0. The normalized spacial score (nSPS) is 12.1. The second-order valence-electron chi connectivity index (χ2n) is 17.1. The maximum atomic E-state index is 12.7. The molecule has 0 aromatic heterocycles. The van der Waals surface area contributed by atoms with E-state index in [2.05, 4.69) is 45.1 Å². The average molecular weight is 817 g/mol. The predicted molar refractivity (Wildman–Crippen MR) is 247 cm³/mol. The van der Waals surface area contributed by atoms with E-state index in [0.29, 0.717) is 19.3 Å². The van der Waals surface area contributed by atoms with Gasteiger partial charge in [-0.1, -0.05) is 225 Å². The Balaban J connectivity index is 4.26. The van der Waals surface area contributed by atoms with Crippen LogP contribution in [0.3, 0.4) is 0 Å². The maximum absolute atomic E-state index is 12.7. The van der Waals surface area contributed by atoms with Crippen LogP contribution in [0.5, 0.6) is 0 Å². The van der Waals surface area contributed by atoms with E-state index >= 15 is 0 Å². The third-order valence-corrected chi connectivity index (χ3v) is 11.2. The monoisotopic (exact) mass is 817 g/mol. The van der Waals surface area contributed by atoms with Crippen molar-refractivity contribution >= 4 is 17.9 Å². The fourth-order valence-electron chi connectivity index (χ4n) is 7.36. The van der Waals surface area contributed by atoms with Gasteiger partial charge in [0.05, 0.1) is 0 Å². The molecule has 0 unspecified atom stereocenters. The largest absolute Gasteiger partial charge is 0.462 e. The second-order valence-corrected chi connectivity index (χ2v) is 17.1. The van der Waals surface area contributed by atoms with Crippen LogP contribution in [-0.2, 0) is 28.6 Å². The Morgan fingerprint density at radius 1 is 0.345 bits per heavy atom. The molecule has 0 aliphatic rings. The molecule has 0 aliphatic heterocycles. The first-order valence-corrected chi connectivity index (χ1v) is 25.3. The zero-order valence-electron chi connectivity index (χ0n) is 38.8. The quantitative estimate of drug-likeness (QED) is 0.0263. The number of esters is 3. The van der Waals surface area contributed by atoms with Crippen molar-refractivity contribution in [1.29, 1.82) is 0 Å². The summed E-state index contributed by atoms with van der Waals surface area (Å²) in [6.45, 7) is 6.61. The molecule has 0 aliphatic carbocycles. The first-order valence-electron chi connectivity index (χ1n) is 25.3. The molecule has 0 spiro atoms. The van der Waals surface area contributed by atoms with Crippen molar-refractivity contribution < 1.29 is 28.6 Å². The summed E-state index contributed by atoms with van der Waals surface area (Å²) in [4.78, 5) is 37.8. The van der Waals surface area contributed by atoms with Crippen LogP contribution < -0.4 is 0 Å². The molecule has 0 heterocycles. The molecule has 0 saturated carbocycles. The van der Waals surface area contributed by atoms with Gasteiger partial charge in [-0.05, 0) is 51.4 Å². The molecule has 58 heavy (non-hydrogen) atoms. The van der Waals surface area contributed by atoms with Gasteiger partial charge in [0.1, 0.15) is 13.2 Å². The highest BCUT2D eigenvalue weighted by Crippen LogP contribution is 2.15. The fourth-order valence-corrected chi connectivity index (χ4v) is 7.36. The number of allylic oxidation sites excluding steroid dienone is 4. The Morgan fingerprint density at radius 2 is 0.621 bits per heavy atom. The number of hydrogen-bond donors (Lipinski definition) is 0. The number of hydrogen-bond acceptors (Lipinski definition) is 6. The lowest BCUT2D eigenvalue weighted by Gasteiger charge is -2.18. The van der Waals surface area contributed by atoms with E-state index in [-0.39, 0.29) is 31.1 Å². The topological polar surface area (TPSA) is 78.9 Å². The Hall–Kier alpha value is -2.11. The molecule has 0 radical (unpaired) electrons. The van der Waals surface area contributed by atoms with Gasteiger partial charge >= 0.3 is 17.9 Å². The van der Waals surface area contributed by atoms with Crippen LogP contribution >= 0.6 is 0 Å². The van der Waals surface area contributed by atoms with Crippen molar-refractivity contribution in [2.75, 3.05) is 13.2 Å². The van der Waals surface area contributed by atoms with E-state index in [9.17, 15) is 14.4 Å². The summed E-state index contributed by atoms with van der Waals surface area (Å²) in [5, 5.41) is 0. The van der Waals surface area contributed by atoms with Crippen LogP contribution in [0.25, 0.3) is 0 Å². The first-order chi connectivity index (χ1) is 28.5. The minimum atomic E-state index is -0.765. The molecule has 0 N–H and O–H groups in total. The van der Waals surface area contributed by atoms with Crippen molar-refractivity contribution in [2.24, 2.45) is 0 Å². The summed E-state index contributed by atoms with van der Waals surface area (Å²) in [6, 6.07) is 0.